The summed E-state index contributed by atoms with van der Waals surface area (Å²) in [5.41, 5.74) is 0.994. The van der Waals surface area contributed by atoms with Crippen LogP contribution in [0.25, 0.3) is 0 Å². The average Bonchev–Trinajstić information content (AvgIpc) is 3.04. The van der Waals surface area contributed by atoms with Crippen molar-refractivity contribution in [1.29, 1.82) is 0 Å². The minimum Gasteiger partial charge on any atom is -0.386 e. The van der Waals surface area contributed by atoms with Gasteiger partial charge in [-0.1, -0.05) is 17.3 Å². The molecule has 2 amide bonds. The van der Waals surface area contributed by atoms with Gasteiger partial charge in [-0.3, -0.25) is 9.59 Å². The van der Waals surface area contributed by atoms with Crippen LogP contribution in [-0.4, -0.2) is 31.7 Å². The molecule has 0 unspecified atom stereocenters. The SMILES string of the molecule is CNC(=O)c1cccc(NC(=O)CO/N=C/c2cccs2)c1. The first-order chi connectivity index (χ1) is 10.7. The number of nitrogens with zero attached hydrogens (tertiary/aromatic N) is 1. The Bertz CT molecular complexity index is 668. The van der Waals surface area contributed by atoms with Gasteiger partial charge in [0.05, 0.1) is 6.21 Å². The fourth-order valence-corrected chi connectivity index (χ4v) is 2.20. The third-order valence-corrected chi connectivity index (χ3v) is 3.44. The summed E-state index contributed by atoms with van der Waals surface area (Å²) in [6, 6.07) is 10.4. The molecule has 2 N–H and O–H groups in total. The Morgan fingerprint density at radius 2 is 2.18 bits per heavy atom. The van der Waals surface area contributed by atoms with Gasteiger partial charge in [-0.15, -0.1) is 11.3 Å². The Labute approximate surface area is 131 Å². The predicted molar refractivity (Wildman–Crippen MR) is 86.3 cm³/mol. The van der Waals surface area contributed by atoms with Crippen molar-refractivity contribution >= 4 is 35.1 Å². The lowest BCUT2D eigenvalue weighted by molar-refractivity contribution is -0.120. The van der Waals surface area contributed by atoms with E-state index in [1.807, 2.05) is 17.5 Å². The molecule has 6 nitrogen and oxygen atoms in total. The summed E-state index contributed by atoms with van der Waals surface area (Å²) >= 11 is 1.52. The van der Waals surface area contributed by atoms with Crippen LogP contribution < -0.4 is 10.6 Å². The van der Waals surface area contributed by atoms with E-state index >= 15 is 0 Å². The summed E-state index contributed by atoms with van der Waals surface area (Å²) in [7, 11) is 1.55. The molecule has 0 fully saturated rings. The van der Waals surface area contributed by atoms with Gasteiger partial charge in [-0.25, -0.2) is 0 Å². The first-order valence-electron chi connectivity index (χ1n) is 6.50. The van der Waals surface area contributed by atoms with Crippen molar-refractivity contribution in [2.45, 2.75) is 0 Å². The molecule has 0 aliphatic heterocycles. The number of rotatable bonds is 6. The molecule has 0 saturated heterocycles. The predicted octanol–water partition coefficient (Wildman–Crippen LogP) is 2.10. The Kier molecular flexibility index (Phi) is 5.67. The Morgan fingerprint density at radius 3 is 2.91 bits per heavy atom. The van der Waals surface area contributed by atoms with Gasteiger partial charge in [0, 0.05) is 23.2 Å². The number of benzene rings is 1. The number of carbonyl (C=O) groups is 2. The third-order valence-electron chi connectivity index (χ3n) is 2.63. The lowest BCUT2D eigenvalue weighted by Gasteiger charge is -2.06. The number of oxime groups is 1. The second-order valence-electron chi connectivity index (χ2n) is 4.23. The molecule has 0 aliphatic rings. The zero-order valence-electron chi connectivity index (χ0n) is 11.9. The molecular weight excluding hydrogens is 302 g/mol. The van der Waals surface area contributed by atoms with Crippen LogP contribution in [0.5, 0.6) is 0 Å². The van der Waals surface area contributed by atoms with Crippen molar-refractivity contribution in [2.24, 2.45) is 5.16 Å². The van der Waals surface area contributed by atoms with Crippen LogP contribution >= 0.6 is 11.3 Å². The van der Waals surface area contributed by atoms with Gasteiger partial charge in [0.25, 0.3) is 11.8 Å². The first kappa shape index (κ1) is 15.7. The maximum absolute atomic E-state index is 11.7. The minimum atomic E-state index is -0.350. The van der Waals surface area contributed by atoms with E-state index in [-0.39, 0.29) is 18.4 Å². The molecule has 0 aliphatic carbocycles. The number of hydrogen-bond acceptors (Lipinski definition) is 5. The summed E-state index contributed by atoms with van der Waals surface area (Å²) in [5, 5.41) is 10.8. The molecule has 1 aromatic carbocycles. The second-order valence-corrected chi connectivity index (χ2v) is 5.21. The second kappa shape index (κ2) is 7.94. The third kappa shape index (κ3) is 4.71. The van der Waals surface area contributed by atoms with Gasteiger partial charge in [-0.2, -0.15) is 0 Å². The number of anilines is 1. The van der Waals surface area contributed by atoms with Gasteiger partial charge in [0.2, 0.25) is 0 Å². The van der Waals surface area contributed by atoms with Gasteiger partial charge in [0.1, 0.15) is 0 Å². The quantitative estimate of drug-likeness (QED) is 0.632. The summed E-state index contributed by atoms with van der Waals surface area (Å²) in [6.45, 7) is -0.202. The van der Waals surface area contributed by atoms with E-state index in [0.717, 1.165) is 4.88 Å². The monoisotopic (exact) mass is 317 g/mol. The van der Waals surface area contributed by atoms with Gasteiger partial charge < -0.3 is 15.5 Å². The molecule has 0 atom stereocenters. The van der Waals surface area contributed by atoms with Gasteiger partial charge in [0.15, 0.2) is 6.61 Å². The molecule has 0 bridgehead atoms. The molecule has 1 aromatic heterocycles. The largest absolute Gasteiger partial charge is 0.386 e. The van der Waals surface area contributed by atoms with Crippen LogP contribution in [0.2, 0.25) is 0 Å². The lowest BCUT2D eigenvalue weighted by atomic mass is 10.2. The molecule has 2 rings (SSSR count). The topological polar surface area (TPSA) is 79.8 Å². The van der Waals surface area contributed by atoms with E-state index < -0.39 is 0 Å². The molecule has 1 heterocycles. The molecule has 0 saturated carbocycles. The highest BCUT2D eigenvalue weighted by molar-refractivity contribution is 7.11. The smallest absolute Gasteiger partial charge is 0.265 e. The Balaban J connectivity index is 1.83. The highest BCUT2D eigenvalue weighted by Crippen LogP contribution is 2.10. The van der Waals surface area contributed by atoms with Gasteiger partial charge in [-0.05, 0) is 29.6 Å². The van der Waals surface area contributed by atoms with Crippen LogP contribution in [0, 0.1) is 0 Å². The number of amides is 2. The highest BCUT2D eigenvalue weighted by Gasteiger charge is 2.06. The minimum absolute atomic E-state index is 0.202. The summed E-state index contributed by atoms with van der Waals surface area (Å²) in [4.78, 5) is 29.1. The van der Waals surface area contributed by atoms with Crippen LogP contribution in [-0.2, 0) is 9.63 Å². The van der Waals surface area contributed by atoms with Crippen molar-refractivity contribution in [3.63, 3.8) is 0 Å². The van der Waals surface area contributed by atoms with Crippen LogP contribution in [0.15, 0.2) is 46.9 Å². The molecule has 2 aromatic rings. The van der Waals surface area contributed by atoms with Crippen molar-refractivity contribution in [3.05, 3.63) is 52.2 Å². The normalized spacial score (nSPS) is 10.4. The fraction of sp³-hybridized carbons (Fsp3) is 0.133. The van der Waals surface area contributed by atoms with Crippen molar-refractivity contribution < 1.29 is 14.4 Å². The zero-order valence-corrected chi connectivity index (χ0v) is 12.7. The van der Waals surface area contributed by atoms with Crippen molar-refractivity contribution in [3.8, 4) is 0 Å². The lowest BCUT2D eigenvalue weighted by Crippen LogP contribution is -2.19. The average molecular weight is 317 g/mol. The summed E-state index contributed by atoms with van der Waals surface area (Å²) < 4.78 is 0. The van der Waals surface area contributed by atoms with Crippen LogP contribution in [0.3, 0.4) is 0 Å². The maximum atomic E-state index is 11.7. The summed E-state index contributed by atoms with van der Waals surface area (Å²) in [6.07, 6.45) is 1.55. The van der Waals surface area contributed by atoms with Gasteiger partial charge >= 0.3 is 0 Å². The van der Waals surface area contributed by atoms with E-state index in [4.69, 9.17) is 4.84 Å². The van der Waals surface area contributed by atoms with E-state index in [1.165, 1.54) is 11.3 Å². The zero-order chi connectivity index (χ0) is 15.8. The molecule has 0 spiro atoms. The van der Waals surface area contributed by atoms with E-state index in [1.54, 1.807) is 37.5 Å². The van der Waals surface area contributed by atoms with Crippen LogP contribution in [0.1, 0.15) is 15.2 Å². The van der Waals surface area contributed by atoms with E-state index in [0.29, 0.717) is 11.3 Å². The number of nitrogens with one attached hydrogen (secondary N) is 2. The molecule has 114 valence electrons. The number of hydrogen-bond donors (Lipinski definition) is 2. The highest BCUT2D eigenvalue weighted by atomic mass is 32.1. The molecular formula is C15H15N3O3S. The maximum Gasteiger partial charge on any atom is 0.265 e. The first-order valence-corrected chi connectivity index (χ1v) is 7.38. The van der Waals surface area contributed by atoms with Crippen molar-refractivity contribution in [1.82, 2.24) is 5.32 Å². The Morgan fingerprint density at radius 1 is 1.32 bits per heavy atom. The number of thiophene rings is 1. The molecule has 22 heavy (non-hydrogen) atoms. The van der Waals surface area contributed by atoms with E-state index in [9.17, 15) is 9.59 Å². The standard InChI is InChI=1S/C15H15N3O3S/c1-16-15(20)11-4-2-5-12(8-11)18-14(19)10-21-17-9-13-6-3-7-22-13/h2-9H,10H2,1H3,(H,16,20)(H,18,19)/b17-9+. The Hall–Kier alpha value is -2.67. The number of carbonyl (C=O) groups excluding carboxylic acids is 2. The molecule has 7 heteroatoms. The summed E-state index contributed by atoms with van der Waals surface area (Å²) in [5.74, 6) is -0.565. The van der Waals surface area contributed by atoms with E-state index in [2.05, 4.69) is 15.8 Å². The fourth-order valence-electron chi connectivity index (χ4n) is 1.63. The van der Waals surface area contributed by atoms with Crippen LogP contribution in [0.4, 0.5) is 5.69 Å². The van der Waals surface area contributed by atoms with Crippen molar-refractivity contribution in [2.75, 3.05) is 19.0 Å². The molecule has 0 radical (unpaired) electrons.